The van der Waals surface area contributed by atoms with E-state index in [0.29, 0.717) is 38.8 Å². The standard InChI is InChI=1S/C105H206N4O9/c1-10-19-27-35-47-63-79-97(80-64-48-36-28-20-11-2)115-101(110)87-71-55-43-59-75-92-107(93-76-60-44-56-72-88-102(111)116-98(81-65-49-37-29-21-12-3)82-66-50-38-30-22-13-4)96-91-106-105(114)109(18-9)108(94-77-61-45-57-73-89-103(112)117-99(83-67-51-39-31-23-14-5)84-68-52-40-32-24-15-6)95-78-62-46-58-74-90-104(113)118-100(85-69-53-41-33-25-16-7)86-70-54-42-34-26-17-8/h97-100H,10-96H2,1-9H3,(H,106,114). The van der Waals surface area contributed by atoms with E-state index in [2.05, 4.69) is 77.5 Å². The van der Waals surface area contributed by atoms with Crippen LogP contribution in [0.25, 0.3) is 0 Å². The van der Waals surface area contributed by atoms with Crippen LogP contribution in [0.1, 0.15) is 576 Å². The molecule has 118 heavy (non-hydrogen) atoms. The Bertz CT molecular complexity index is 1910. The van der Waals surface area contributed by atoms with Crippen LogP contribution in [0.3, 0.4) is 0 Å². The molecule has 0 spiro atoms. The van der Waals surface area contributed by atoms with Crippen molar-refractivity contribution >= 4 is 29.9 Å². The summed E-state index contributed by atoms with van der Waals surface area (Å²) in [7, 11) is 0. The van der Waals surface area contributed by atoms with Crippen LogP contribution in [-0.2, 0) is 38.1 Å². The lowest BCUT2D eigenvalue weighted by molar-refractivity contribution is -0.151. The number of ether oxygens (including phenoxy) is 4. The number of unbranched alkanes of at least 4 members (excludes halogenated alkanes) is 56. The van der Waals surface area contributed by atoms with E-state index in [1.807, 2.05) is 5.01 Å². The Labute approximate surface area is 735 Å². The summed E-state index contributed by atoms with van der Waals surface area (Å²) in [4.78, 5) is 70.5. The van der Waals surface area contributed by atoms with Crippen LogP contribution >= 0.6 is 0 Å². The maximum atomic E-state index is 14.6. The molecule has 2 amide bonds. The van der Waals surface area contributed by atoms with Crippen LogP contribution in [-0.4, -0.2) is 115 Å². The highest BCUT2D eigenvalue weighted by molar-refractivity contribution is 5.73. The number of hydrogen-bond acceptors (Lipinski definition) is 11. The second-order valence-corrected chi connectivity index (χ2v) is 36.7. The highest BCUT2D eigenvalue weighted by Crippen LogP contribution is 2.25. The third-order valence-corrected chi connectivity index (χ3v) is 25.1. The molecule has 0 aliphatic carbocycles. The van der Waals surface area contributed by atoms with E-state index in [9.17, 15) is 24.0 Å². The minimum absolute atomic E-state index is 0.00339. The lowest BCUT2D eigenvalue weighted by Crippen LogP contribution is -2.52. The number of rotatable bonds is 97. The molecule has 0 aliphatic heterocycles. The van der Waals surface area contributed by atoms with Crippen molar-refractivity contribution in [1.82, 2.24) is 20.2 Å². The van der Waals surface area contributed by atoms with Gasteiger partial charge < -0.3 is 29.2 Å². The number of carbonyl (C=O) groups is 5. The molecule has 0 saturated heterocycles. The summed E-state index contributed by atoms with van der Waals surface area (Å²) in [6, 6.07) is -0.0265. The first-order valence-electron chi connectivity index (χ1n) is 53.2. The van der Waals surface area contributed by atoms with Crippen LogP contribution in [0.5, 0.6) is 0 Å². The molecule has 0 fully saturated rings. The zero-order chi connectivity index (χ0) is 86.0. The number of urea groups is 1. The van der Waals surface area contributed by atoms with Gasteiger partial charge in [0.2, 0.25) is 0 Å². The molecular formula is C105H206N4O9. The van der Waals surface area contributed by atoms with Gasteiger partial charge in [0, 0.05) is 58.4 Å². The highest BCUT2D eigenvalue weighted by Gasteiger charge is 2.23. The van der Waals surface area contributed by atoms with Gasteiger partial charge in [0.15, 0.2) is 0 Å². The van der Waals surface area contributed by atoms with Crippen molar-refractivity contribution < 1.29 is 42.9 Å². The summed E-state index contributed by atoms with van der Waals surface area (Å²) in [5.41, 5.74) is 0. The van der Waals surface area contributed by atoms with Crippen LogP contribution in [0.4, 0.5) is 4.79 Å². The van der Waals surface area contributed by atoms with Gasteiger partial charge in [-0.1, -0.05) is 389 Å². The molecule has 700 valence electrons. The highest BCUT2D eigenvalue weighted by atomic mass is 16.6. The third kappa shape index (κ3) is 80.2. The van der Waals surface area contributed by atoms with Gasteiger partial charge in [-0.3, -0.25) is 24.2 Å². The van der Waals surface area contributed by atoms with E-state index >= 15 is 0 Å². The minimum Gasteiger partial charge on any atom is -0.462 e. The molecule has 1 N–H and O–H groups in total. The van der Waals surface area contributed by atoms with Crippen LogP contribution in [0.15, 0.2) is 0 Å². The van der Waals surface area contributed by atoms with Gasteiger partial charge in [0.25, 0.3) is 0 Å². The summed E-state index contributed by atoms with van der Waals surface area (Å²) in [5, 5.41) is 7.70. The van der Waals surface area contributed by atoms with Gasteiger partial charge in [-0.05, 0) is 174 Å². The maximum absolute atomic E-state index is 14.6. The lowest BCUT2D eigenvalue weighted by Gasteiger charge is -2.34. The molecule has 0 rings (SSSR count). The summed E-state index contributed by atoms with van der Waals surface area (Å²) in [5.74, 6) is -0.0396. The SMILES string of the molecule is CCCCCCCCC(CCCCCCCC)OC(=O)CCCCCCCN(CCCCCCCC(=O)OC(CCCCCCCC)CCCCCCCC)CCNC(=O)N(CC)N(CCCCCCCC(=O)OC(CCCCCCCC)CCCCCCCC)CCCCCCCC(=O)OC(CCCCCCCC)CCCCCCCC. The Morgan fingerprint density at radius 2 is 0.390 bits per heavy atom. The number of nitrogens with one attached hydrogen (secondary N) is 1. The predicted octanol–water partition coefficient (Wildman–Crippen LogP) is 32.6. The summed E-state index contributed by atoms with van der Waals surface area (Å²) in [6.07, 6.45) is 90.9. The number of hydrazine groups is 1. The molecule has 0 bridgehead atoms. The van der Waals surface area contributed by atoms with E-state index in [1.165, 1.54) is 257 Å². The number of carbonyl (C=O) groups excluding carboxylic acids is 5. The molecule has 0 aromatic heterocycles. The topological polar surface area (TPSA) is 144 Å². The fourth-order valence-corrected chi connectivity index (χ4v) is 17.3. The number of amides is 2. The first-order valence-corrected chi connectivity index (χ1v) is 53.2. The van der Waals surface area contributed by atoms with Crippen LogP contribution in [0, 0.1) is 0 Å². The molecule has 13 heteroatoms. The van der Waals surface area contributed by atoms with Gasteiger partial charge in [-0.15, -0.1) is 0 Å². The molecule has 0 aromatic carbocycles. The van der Waals surface area contributed by atoms with Crippen molar-refractivity contribution in [3.63, 3.8) is 0 Å². The van der Waals surface area contributed by atoms with Gasteiger partial charge >= 0.3 is 29.9 Å². The average Bonchev–Trinajstić information content (AvgIpc) is 0.885. The van der Waals surface area contributed by atoms with E-state index in [1.54, 1.807) is 0 Å². The normalized spacial score (nSPS) is 11.8. The molecular weight excluding hydrogens is 1460 g/mol. The zero-order valence-corrected chi connectivity index (χ0v) is 80.8. The van der Waals surface area contributed by atoms with Crippen molar-refractivity contribution in [2.24, 2.45) is 0 Å². The van der Waals surface area contributed by atoms with E-state index in [-0.39, 0.29) is 54.3 Å². The van der Waals surface area contributed by atoms with E-state index < -0.39 is 0 Å². The summed E-state index contributed by atoms with van der Waals surface area (Å²) in [6.45, 7) is 25.8. The minimum atomic E-state index is -0.0265. The van der Waals surface area contributed by atoms with Crippen molar-refractivity contribution in [2.45, 2.75) is 600 Å². The van der Waals surface area contributed by atoms with Gasteiger partial charge in [0.1, 0.15) is 24.4 Å². The zero-order valence-electron chi connectivity index (χ0n) is 80.8. The fraction of sp³-hybridized carbons (Fsp3) is 0.952. The Morgan fingerprint density at radius 3 is 0.593 bits per heavy atom. The Hall–Kier alpha value is -2.93. The second-order valence-electron chi connectivity index (χ2n) is 36.7. The van der Waals surface area contributed by atoms with Crippen LogP contribution in [0.2, 0.25) is 0 Å². The van der Waals surface area contributed by atoms with Gasteiger partial charge in [-0.25, -0.2) is 9.80 Å². The first kappa shape index (κ1) is 115. The molecule has 0 atom stereocenters. The lowest BCUT2D eigenvalue weighted by atomic mass is 10.0. The van der Waals surface area contributed by atoms with Gasteiger partial charge in [0.05, 0.1) is 0 Å². The van der Waals surface area contributed by atoms with Crippen molar-refractivity contribution in [1.29, 1.82) is 0 Å². The molecule has 0 unspecified atom stereocenters. The largest absolute Gasteiger partial charge is 0.462 e. The predicted molar refractivity (Wildman–Crippen MR) is 508 cm³/mol. The van der Waals surface area contributed by atoms with Crippen LogP contribution < -0.4 is 5.32 Å². The summed E-state index contributed by atoms with van der Waals surface area (Å²) >= 11 is 0. The molecule has 0 radical (unpaired) electrons. The monoisotopic (exact) mass is 1670 g/mol. The smallest absolute Gasteiger partial charge is 0.331 e. The molecule has 0 saturated carbocycles. The average molecular weight is 1670 g/mol. The molecule has 0 aliphatic rings. The molecule has 0 aromatic rings. The fourth-order valence-electron chi connectivity index (χ4n) is 17.3. The Kier molecular flexibility index (Phi) is 90.9. The van der Waals surface area contributed by atoms with Crippen molar-refractivity contribution in [3.8, 4) is 0 Å². The quantitative estimate of drug-likeness (QED) is 0.0269. The number of esters is 4. The number of nitrogens with zero attached hydrogens (tertiary/aromatic N) is 3. The third-order valence-electron chi connectivity index (χ3n) is 25.1. The first-order chi connectivity index (χ1) is 57.9. The van der Waals surface area contributed by atoms with E-state index in [0.717, 1.165) is 264 Å². The van der Waals surface area contributed by atoms with Crippen molar-refractivity contribution in [2.75, 3.05) is 45.8 Å². The maximum Gasteiger partial charge on any atom is 0.331 e. The molecule has 13 nitrogen and oxygen atoms in total. The molecule has 0 heterocycles. The summed E-state index contributed by atoms with van der Waals surface area (Å²) < 4.78 is 24.9. The van der Waals surface area contributed by atoms with Gasteiger partial charge in [-0.2, -0.15) is 0 Å². The van der Waals surface area contributed by atoms with Crippen molar-refractivity contribution in [3.05, 3.63) is 0 Å². The second kappa shape index (κ2) is 93.2. The van der Waals surface area contributed by atoms with E-state index in [4.69, 9.17) is 18.9 Å². The number of hydrogen-bond donors (Lipinski definition) is 1. The Morgan fingerprint density at radius 1 is 0.212 bits per heavy atom. The Balaban J connectivity index is 6.20.